The first-order valence-electron chi connectivity index (χ1n) is 6.88. The fraction of sp³-hybridized carbons (Fsp3) is 0.429. The summed E-state index contributed by atoms with van der Waals surface area (Å²) in [4.78, 5) is 26.1. The summed E-state index contributed by atoms with van der Waals surface area (Å²) in [7, 11) is 3.49. The van der Waals surface area contributed by atoms with Gasteiger partial charge in [-0.1, -0.05) is 11.6 Å². The van der Waals surface area contributed by atoms with Crippen LogP contribution in [0.3, 0.4) is 0 Å². The number of nitrogens with zero attached hydrogens (tertiary/aromatic N) is 2. The number of hydrogen-bond donors (Lipinski definition) is 2. The number of amides is 2. The fourth-order valence-corrected chi connectivity index (χ4v) is 2.24. The van der Waals surface area contributed by atoms with Crippen LogP contribution in [0.25, 0.3) is 0 Å². The van der Waals surface area contributed by atoms with Gasteiger partial charge in [-0.05, 0) is 25.2 Å². The Hall–Kier alpha value is -1.83. The van der Waals surface area contributed by atoms with E-state index in [-0.39, 0.29) is 0 Å². The van der Waals surface area contributed by atoms with Gasteiger partial charge >= 0.3 is 11.8 Å². The molecule has 120 valence electrons. The molecule has 1 aromatic carbocycles. The van der Waals surface area contributed by atoms with Crippen molar-refractivity contribution in [1.29, 1.82) is 0 Å². The van der Waals surface area contributed by atoms with Gasteiger partial charge in [-0.25, -0.2) is 5.01 Å². The highest BCUT2D eigenvalue weighted by atomic mass is 35.5. The zero-order valence-corrected chi connectivity index (χ0v) is 13.3. The summed E-state index contributed by atoms with van der Waals surface area (Å²) < 4.78 is 5.12. The second kappa shape index (κ2) is 7.44. The first-order valence-corrected chi connectivity index (χ1v) is 7.26. The lowest BCUT2D eigenvalue weighted by atomic mass is 10.3. The molecule has 1 aliphatic rings. The minimum absolute atomic E-state index is 0.355. The van der Waals surface area contributed by atoms with Crippen LogP contribution >= 0.6 is 11.6 Å². The average Bonchev–Trinajstić information content (AvgIpc) is 2.49. The number of ether oxygens (including phenoxy) is 1. The molecule has 1 saturated heterocycles. The summed E-state index contributed by atoms with van der Waals surface area (Å²) in [6.45, 7) is 3.03. The first kappa shape index (κ1) is 16.5. The van der Waals surface area contributed by atoms with Gasteiger partial charge in [0.2, 0.25) is 0 Å². The molecule has 0 unspecified atom stereocenters. The van der Waals surface area contributed by atoms with Gasteiger partial charge in [0.25, 0.3) is 0 Å². The molecule has 2 amide bonds. The Morgan fingerprint density at radius 1 is 1.18 bits per heavy atom. The Bertz CT molecular complexity index is 559. The SMILES string of the molecule is COc1ccc(Cl)cc1NC(=O)C(=O)NN1CCN(C)CC1. The predicted molar refractivity (Wildman–Crippen MR) is 83.8 cm³/mol. The van der Waals surface area contributed by atoms with E-state index >= 15 is 0 Å². The van der Waals surface area contributed by atoms with E-state index in [1.54, 1.807) is 17.1 Å². The van der Waals surface area contributed by atoms with Gasteiger partial charge in [0, 0.05) is 31.2 Å². The number of anilines is 1. The Kier molecular flexibility index (Phi) is 5.59. The summed E-state index contributed by atoms with van der Waals surface area (Å²) in [5.41, 5.74) is 2.95. The first-order chi connectivity index (χ1) is 10.5. The second-order valence-electron chi connectivity index (χ2n) is 5.03. The normalized spacial score (nSPS) is 16.1. The molecule has 0 aromatic heterocycles. The van der Waals surface area contributed by atoms with E-state index in [1.165, 1.54) is 13.2 Å². The standard InChI is InChI=1S/C14H19ClN4O3/c1-18-5-7-19(8-6-18)17-14(21)13(20)16-11-9-10(15)3-4-12(11)22-2/h3-4,9H,5-8H2,1-2H3,(H,16,20)(H,17,21). The molecular weight excluding hydrogens is 308 g/mol. The van der Waals surface area contributed by atoms with Gasteiger partial charge in [0.05, 0.1) is 12.8 Å². The van der Waals surface area contributed by atoms with E-state index in [9.17, 15) is 9.59 Å². The largest absolute Gasteiger partial charge is 0.495 e. The predicted octanol–water partition coefficient (Wildman–Crippen LogP) is 0.566. The van der Waals surface area contributed by atoms with Crippen LogP contribution in [0.1, 0.15) is 0 Å². The lowest BCUT2D eigenvalue weighted by molar-refractivity contribution is -0.139. The third-order valence-corrected chi connectivity index (χ3v) is 3.61. The van der Waals surface area contributed by atoms with Gasteiger partial charge in [0.15, 0.2) is 0 Å². The third kappa shape index (κ3) is 4.33. The summed E-state index contributed by atoms with van der Waals surface area (Å²) in [5.74, 6) is -1.05. The molecule has 1 heterocycles. The quantitative estimate of drug-likeness (QED) is 0.794. The highest BCUT2D eigenvalue weighted by Gasteiger charge is 2.21. The van der Waals surface area contributed by atoms with E-state index in [0.717, 1.165) is 13.1 Å². The maximum atomic E-state index is 12.0. The van der Waals surface area contributed by atoms with Crippen LogP contribution < -0.4 is 15.5 Å². The molecule has 0 spiro atoms. The van der Waals surface area contributed by atoms with Gasteiger partial charge < -0.3 is 15.0 Å². The molecule has 2 rings (SSSR count). The van der Waals surface area contributed by atoms with Crippen LogP contribution in [0.4, 0.5) is 5.69 Å². The van der Waals surface area contributed by atoms with Gasteiger partial charge in [-0.3, -0.25) is 15.0 Å². The molecule has 0 aliphatic carbocycles. The molecule has 7 nitrogen and oxygen atoms in total. The van der Waals surface area contributed by atoms with Crippen molar-refractivity contribution >= 4 is 29.1 Å². The van der Waals surface area contributed by atoms with Crippen LogP contribution in [-0.4, -0.2) is 62.1 Å². The number of carbonyl (C=O) groups is 2. The van der Waals surface area contributed by atoms with Gasteiger partial charge in [0.1, 0.15) is 5.75 Å². The van der Waals surface area contributed by atoms with Crippen molar-refractivity contribution in [2.24, 2.45) is 0 Å². The molecule has 0 bridgehead atoms. The van der Waals surface area contributed by atoms with Gasteiger partial charge in [-0.15, -0.1) is 0 Å². The van der Waals surface area contributed by atoms with Crippen LogP contribution in [-0.2, 0) is 9.59 Å². The Morgan fingerprint density at radius 3 is 2.50 bits per heavy atom. The molecule has 1 aliphatic heterocycles. The molecule has 2 N–H and O–H groups in total. The molecule has 22 heavy (non-hydrogen) atoms. The topological polar surface area (TPSA) is 73.9 Å². The van der Waals surface area contributed by atoms with Crippen molar-refractivity contribution in [2.45, 2.75) is 0 Å². The number of carbonyl (C=O) groups excluding carboxylic acids is 2. The zero-order chi connectivity index (χ0) is 16.1. The molecule has 0 saturated carbocycles. The maximum absolute atomic E-state index is 12.0. The minimum Gasteiger partial charge on any atom is -0.495 e. The van der Waals surface area contributed by atoms with Gasteiger partial charge in [-0.2, -0.15) is 0 Å². The van der Waals surface area contributed by atoms with Crippen LogP contribution in [0, 0.1) is 0 Å². The van der Waals surface area contributed by atoms with Crippen LogP contribution in [0.15, 0.2) is 18.2 Å². The number of likely N-dealkylation sites (N-methyl/N-ethyl adjacent to an activating group) is 1. The smallest absolute Gasteiger partial charge is 0.323 e. The third-order valence-electron chi connectivity index (χ3n) is 3.38. The summed E-state index contributed by atoms with van der Waals surface area (Å²) in [6, 6.07) is 4.79. The highest BCUT2D eigenvalue weighted by Crippen LogP contribution is 2.27. The molecule has 0 atom stereocenters. The number of hydrogen-bond acceptors (Lipinski definition) is 5. The Morgan fingerprint density at radius 2 is 1.86 bits per heavy atom. The van der Waals surface area contributed by atoms with E-state index in [4.69, 9.17) is 16.3 Å². The zero-order valence-electron chi connectivity index (χ0n) is 12.6. The number of halogens is 1. The lowest BCUT2D eigenvalue weighted by Crippen LogP contribution is -2.54. The Labute approximate surface area is 134 Å². The molecule has 1 aromatic rings. The molecular formula is C14H19ClN4O3. The number of piperazine rings is 1. The van der Waals surface area contributed by atoms with Crippen LogP contribution in [0.2, 0.25) is 5.02 Å². The van der Waals surface area contributed by atoms with Crippen molar-refractivity contribution in [3.63, 3.8) is 0 Å². The fourth-order valence-electron chi connectivity index (χ4n) is 2.07. The van der Waals surface area contributed by atoms with Crippen molar-refractivity contribution < 1.29 is 14.3 Å². The van der Waals surface area contributed by atoms with E-state index in [2.05, 4.69) is 15.6 Å². The summed E-state index contributed by atoms with van der Waals surface area (Å²) >= 11 is 5.89. The summed E-state index contributed by atoms with van der Waals surface area (Å²) in [5, 5.41) is 4.68. The monoisotopic (exact) mass is 326 g/mol. The van der Waals surface area contributed by atoms with E-state index < -0.39 is 11.8 Å². The van der Waals surface area contributed by atoms with E-state index in [1.807, 2.05) is 7.05 Å². The number of benzene rings is 1. The molecule has 0 radical (unpaired) electrons. The van der Waals surface area contributed by atoms with Crippen molar-refractivity contribution in [2.75, 3.05) is 45.7 Å². The Balaban J connectivity index is 1.94. The van der Waals surface area contributed by atoms with Crippen molar-refractivity contribution in [1.82, 2.24) is 15.3 Å². The highest BCUT2D eigenvalue weighted by molar-refractivity contribution is 6.40. The van der Waals surface area contributed by atoms with E-state index in [0.29, 0.717) is 29.5 Å². The molecule has 1 fully saturated rings. The van der Waals surface area contributed by atoms with Crippen molar-refractivity contribution in [3.05, 3.63) is 23.2 Å². The number of rotatable bonds is 3. The number of methoxy groups -OCH3 is 1. The second-order valence-corrected chi connectivity index (χ2v) is 5.47. The average molecular weight is 327 g/mol. The number of nitrogens with one attached hydrogen (secondary N) is 2. The maximum Gasteiger partial charge on any atom is 0.323 e. The lowest BCUT2D eigenvalue weighted by Gasteiger charge is -2.32. The summed E-state index contributed by atoms with van der Waals surface area (Å²) in [6.07, 6.45) is 0. The molecule has 8 heteroatoms. The van der Waals surface area contributed by atoms with Crippen LogP contribution in [0.5, 0.6) is 5.75 Å². The number of hydrazine groups is 1. The minimum atomic E-state index is -0.764. The van der Waals surface area contributed by atoms with Crippen molar-refractivity contribution in [3.8, 4) is 5.75 Å².